The average molecular weight is 386 g/mol. The fourth-order valence-corrected chi connectivity index (χ4v) is 3.87. The smallest absolute Gasteiger partial charge is 0.251 e. The number of rotatable bonds is 6. The number of sulfonamides is 1. The Morgan fingerprint density at radius 3 is 2.70 bits per heavy atom. The third-order valence-electron chi connectivity index (χ3n) is 4.58. The number of carbonyl (C=O) groups is 1. The first kappa shape index (κ1) is 19.1. The van der Waals surface area contributed by atoms with Crippen molar-refractivity contribution in [2.24, 2.45) is 5.14 Å². The van der Waals surface area contributed by atoms with E-state index in [-0.39, 0.29) is 16.4 Å². The van der Waals surface area contributed by atoms with E-state index >= 15 is 0 Å². The Morgan fingerprint density at radius 1 is 1.22 bits per heavy atom. The van der Waals surface area contributed by atoms with Gasteiger partial charge in [-0.05, 0) is 55.7 Å². The molecule has 0 atom stereocenters. The van der Waals surface area contributed by atoms with Crippen LogP contribution in [0.3, 0.4) is 0 Å². The number of carbonyl (C=O) groups excluding carboxylic acids is 1. The van der Waals surface area contributed by atoms with Crippen LogP contribution in [0.25, 0.3) is 11.0 Å². The van der Waals surface area contributed by atoms with Crippen LogP contribution < -0.4 is 10.5 Å². The van der Waals surface area contributed by atoms with Crippen LogP contribution in [0.2, 0.25) is 0 Å². The summed E-state index contributed by atoms with van der Waals surface area (Å²) in [4.78, 5) is 16.7. The molecule has 8 heteroatoms. The van der Waals surface area contributed by atoms with E-state index < -0.39 is 10.0 Å². The molecule has 0 spiro atoms. The Balaban J connectivity index is 1.64. The summed E-state index contributed by atoms with van der Waals surface area (Å²) in [7, 11) is -3.88. The number of hydrogen-bond acceptors (Lipinski definition) is 4. The summed E-state index contributed by atoms with van der Waals surface area (Å²) in [5.41, 5.74) is 3.54. The van der Waals surface area contributed by atoms with Gasteiger partial charge in [0.25, 0.3) is 5.91 Å². The summed E-state index contributed by atoms with van der Waals surface area (Å²) in [6, 6.07) is 10.9. The summed E-state index contributed by atoms with van der Waals surface area (Å²) >= 11 is 0. The Labute approximate surface area is 158 Å². The quantitative estimate of drug-likeness (QED) is 0.633. The van der Waals surface area contributed by atoms with Crippen LogP contribution in [0.15, 0.2) is 47.6 Å². The molecule has 1 heterocycles. The Morgan fingerprint density at radius 2 is 1.96 bits per heavy atom. The minimum absolute atomic E-state index is 0.0162. The third kappa shape index (κ3) is 4.17. The lowest BCUT2D eigenvalue weighted by atomic mass is 10.1. The van der Waals surface area contributed by atoms with Gasteiger partial charge < -0.3 is 9.88 Å². The van der Waals surface area contributed by atoms with E-state index in [2.05, 4.69) is 10.3 Å². The molecule has 1 amide bonds. The SMILES string of the molecule is Cc1cc(C(=O)NCCCn2cnc3ccccc32)cc(S(N)(=O)=O)c1C. The number of aryl methyl sites for hydroxylation is 2. The minimum Gasteiger partial charge on any atom is -0.352 e. The Hall–Kier alpha value is -2.71. The number of para-hydroxylation sites is 2. The lowest BCUT2D eigenvalue weighted by Crippen LogP contribution is -2.26. The highest BCUT2D eigenvalue weighted by molar-refractivity contribution is 7.89. The number of imidazole rings is 1. The molecule has 27 heavy (non-hydrogen) atoms. The van der Waals surface area contributed by atoms with Crippen molar-refractivity contribution in [3.05, 3.63) is 59.4 Å². The molecule has 142 valence electrons. The first-order valence-electron chi connectivity index (χ1n) is 8.59. The lowest BCUT2D eigenvalue weighted by molar-refractivity contribution is 0.0952. The highest BCUT2D eigenvalue weighted by Gasteiger charge is 2.17. The number of fused-ring (bicyclic) bond motifs is 1. The molecule has 0 aliphatic carbocycles. The van der Waals surface area contributed by atoms with E-state index in [1.54, 1.807) is 26.2 Å². The van der Waals surface area contributed by atoms with Gasteiger partial charge in [-0.25, -0.2) is 18.5 Å². The number of benzene rings is 2. The maximum atomic E-state index is 12.4. The maximum Gasteiger partial charge on any atom is 0.251 e. The molecule has 0 aliphatic heterocycles. The second-order valence-corrected chi connectivity index (χ2v) is 8.03. The fourth-order valence-electron chi connectivity index (χ4n) is 3.00. The normalized spacial score (nSPS) is 11.7. The molecule has 2 aromatic carbocycles. The number of nitrogens with zero attached hydrogens (tertiary/aromatic N) is 2. The van der Waals surface area contributed by atoms with Crippen LogP contribution in [-0.4, -0.2) is 30.4 Å². The topological polar surface area (TPSA) is 107 Å². The van der Waals surface area contributed by atoms with Gasteiger partial charge in [0, 0.05) is 18.7 Å². The van der Waals surface area contributed by atoms with Gasteiger partial charge in [0.2, 0.25) is 10.0 Å². The van der Waals surface area contributed by atoms with Crippen molar-refractivity contribution < 1.29 is 13.2 Å². The molecule has 0 radical (unpaired) electrons. The molecule has 0 saturated heterocycles. The number of amides is 1. The van der Waals surface area contributed by atoms with Crippen LogP contribution in [0.5, 0.6) is 0 Å². The predicted octanol–water partition coefficient (Wildman–Crippen LogP) is 2.12. The van der Waals surface area contributed by atoms with Crippen LogP contribution in [0.1, 0.15) is 27.9 Å². The van der Waals surface area contributed by atoms with Crippen molar-refractivity contribution in [2.45, 2.75) is 31.7 Å². The van der Waals surface area contributed by atoms with Gasteiger partial charge in [-0.3, -0.25) is 4.79 Å². The van der Waals surface area contributed by atoms with Crippen molar-refractivity contribution >= 4 is 27.0 Å². The number of aromatic nitrogens is 2. The molecular formula is C19H22N4O3S. The lowest BCUT2D eigenvalue weighted by Gasteiger charge is -2.11. The van der Waals surface area contributed by atoms with E-state index in [9.17, 15) is 13.2 Å². The molecular weight excluding hydrogens is 364 g/mol. The number of hydrogen-bond donors (Lipinski definition) is 2. The first-order valence-corrected chi connectivity index (χ1v) is 10.1. The van der Waals surface area contributed by atoms with Gasteiger partial charge in [-0.15, -0.1) is 0 Å². The van der Waals surface area contributed by atoms with Crippen LogP contribution >= 0.6 is 0 Å². The molecule has 0 fully saturated rings. The summed E-state index contributed by atoms with van der Waals surface area (Å²) < 4.78 is 25.5. The van der Waals surface area contributed by atoms with Gasteiger partial charge in [0.15, 0.2) is 0 Å². The predicted molar refractivity (Wildman–Crippen MR) is 104 cm³/mol. The highest BCUT2D eigenvalue weighted by atomic mass is 32.2. The number of primary sulfonamides is 1. The molecule has 0 saturated carbocycles. The number of nitrogens with one attached hydrogen (secondary N) is 1. The second kappa shape index (κ2) is 7.50. The third-order valence-corrected chi connectivity index (χ3v) is 5.61. The average Bonchev–Trinajstić information content (AvgIpc) is 3.03. The largest absolute Gasteiger partial charge is 0.352 e. The molecule has 0 unspecified atom stereocenters. The van der Waals surface area contributed by atoms with Crippen LogP contribution in [0.4, 0.5) is 0 Å². The molecule has 3 rings (SSSR count). The van der Waals surface area contributed by atoms with E-state index in [0.717, 1.165) is 24.0 Å². The fraction of sp³-hybridized carbons (Fsp3) is 0.263. The molecule has 0 bridgehead atoms. The molecule has 3 aromatic rings. The van der Waals surface area contributed by atoms with Crippen molar-refractivity contribution in [3.63, 3.8) is 0 Å². The standard InChI is InChI=1S/C19H22N4O3S/c1-13-10-15(11-18(14(13)2)27(20,25)26)19(24)21-8-5-9-23-12-22-16-6-3-4-7-17(16)23/h3-4,6-7,10-12H,5,8-9H2,1-2H3,(H,21,24)(H2,20,25,26). The van der Waals surface area contributed by atoms with Gasteiger partial charge in [-0.1, -0.05) is 12.1 Å². The summed E-state index contributed by atoms with van der Waals surface area (Å²) in [5, 5.41) is 8.08. The zero-order valence-electron chi connectivity index (χ0n) is 15.3. The van der Waals surface area contributed by atoms with E-state index in [4.69, 9.17) is 5.14 Å². The second-order valence-electron chi connectivity index (χ2n) is 6.50. The maximum absolute atomic E-state index is 12.4. The van der Waals surface area contributed by atoms with Gasteiger partial charge in [-0.2, -0.15) is 0 Å². The van der Waals surface area contributed by atoms with Crippen molar-refractivity contribution in [1.82, 2.24) is 14.9 Å². The Kier molecular flexibility index (Phi) is 5.29. The Bertz CT molecular complexity index is 1100. The highest BCUT2D eigenvalue weighted by Crippen LogP contribution is 2.20. The van der Waals surface area contributed by atoms with Gasteiger partial charge in [0.1, 0.15) is 0 Å². The van der Waals surface area contributed by atoms with Crippen LogP contribution in [-0.2, 0) is 16.6 Å². The van der Waals surface area contributed by atoms with Crippen molar-refractivity contribution in [1.29, 1.82) is 0 Å². The summed E-state index contributed by atoms with van der Waals surface area (Å²) in [5.74, 6) is -0.321. The van der Waals surface area contributed by atoms with Gasteiger partial charge in [0.05, 0.1) is 22.3 Å². The van der Waals surface area contributed by atoms with E-state index in [0.29, 0.717) is 17.7 Å². The van der Waals surface area contributed by atoms with Gasteiger partial charge >= 0.3 is 0 Å². The molecule has 0 aliphatic rings. The molecule has 7 nitrogen and oxygen atoms in total. The summed E-state index contributed by atoms with van der Waals surface area (Å²) in [6.45, 7) is 4.61. The monoisotopic (exact) mass is 386 g/mol. The van der Waals surface area contributed by atoms with E-state index in [1.165, 1.54) is 6.07 Å². The van der Waals surface area contributed by atoms with E-state index in [1.807, 2.05) is 28.8 Å². The molecule has 1 aromatic heterocycles. The first-order chi connectivity index (χ1) is 12.8. The zero-order valence-corrected chi connectivity index (χ0v) is 16.1. The number of nitrogens with two attached hydrogens (primary N) is 1. The van der Waals surface area contributed by atoms with Crippen LogP contribution in [0, 0.1) is 13.8 Å². The summed E-state index contributed by atoms with van der Waals surface area (Å²) in [6.07, 6.45) is 2.51. The molecule has 3 N–H and O–H groups in total. The van der Waals surface area contributed by atoms with Crippen molar-refractivity contribution in [3.8, 4) is 0 Å². The zero-order chi connectivity index (χ0) is 19.6. The minimum atomic E-state index is -3.88. The van der Waals surface area contributed by atoms with Crippen molar-refractivity contribution in [2.75, 3.05) is 6.54 Å².